The largest absolute Gasteiger partial charge is 0.480 e. The van der Waals surface area contributed by atoms with Crippen molar-refractivity contribution in [1.82, 2.24) is 10.3 Å². The number of nitrogens with one attached hydrogen (secondary N) is 2. The molecule has 6 rings (SSSR count). The van der Waals surface area contributed by atoms with Crippen LogP contribution in [-0.4, -0.2) is 68.6 Å². The number of fused-ring (bicyclic) bond motifs is 6. The number of aromatic amines is 1. The molecular formula is C36H42N2O9. The van der Waals surface area contributed by atoms with Gasteiger partial charge in [-0.1, -0.05) is 37.6 Å². The maximum Gasteiger partial charge on any atom is 0.326 e. The normalized spacial score (nSPS) is 32.1. The zero-order valence-corrected chi connectivity index (χ0v) is 26.8. The highest BCUT2D eigenvalue weighted by atomic mass is 16.5. The van der Waals surface area contributed by atoms with Crippen molar-refractivity contribution in [3.05, 3.63) is 47.7 Å². The van der Waals surface area contributed by atoms with Crippen LogP contribution in [0.2, 0.25) is 0 Å². The van der Waals surface area contributed by atoms with E-state index in [1.165, 1.54) is 0 Å². The van der Waals surface area contributed by atoms with E-state index in [0.29, 0.717) is 19.3 Å². The Bertz CT molecular complexity index is 1690. The Morgan fingerprint density at radius 3 is 2.60 bits per heavy atom. The summed E-state index contributed by atoms with van der Waals surface area (Å²) in [5.41, 5.74) is -0.613. The number of hydrogen-bond donors (Lipinski definition) is 4. The van der Waals surface area contributed by atoms with Gasteiger partial charge in [0, 0.05) is 54.1 Å². The van der Waals surface area contributed by atoms with E-state index in [-0.39, 0.29) is 66.8 Å². The number of aromatic nitrogens is 1. The van der Waals surface area contributed by atoms with Crippen LogP contribution in [0.1, 0.15) is 77.2 Å². The maximum atomic E-state index is 13.8. The van der Waals surface area contributed by atoms with Crippen LogP contribution in [0.4, 0.5) is 0 Å². The van der Waals surface area contributed by atoms with E-state index in [4.69, 9.17) is 4.74 Å². The number of hydrogen-bond acceptors (Lipinski definition) is 8. The number of carbonyl (C=O) groups excluding carboxylic acids is 5. The summed E-state index contributed by atoms with van der Waals surface area (Å²) in [6, 6.07) is 6.20. The number of ketones is 3. The number of ether oxygens (including phenoxy) is 1. The fraction of sp³-hybridized carbons (Fsp3) is 0.556. The molecule has 11 heteroatoms. The number of amides is 1. The molecule has 47 heavy (non-hydrogen) atoms. The summed E-state index contributed by atoms with van der Waals surface area (Å²) in [4.78, 5) is 79.5. The van der Waals surface area contributed by atoms with Gasteiger partial charge in [-0.25, -0.2) is 4.79 Å². The molecular weight excluding hydrogens is 604 g/mol. The number of Topliss-reactive ketones (excluding diaryl/α,β-unsaturated/α-hetero) is 2. The number of carboxylic acid groups (broad SMARTS) is 1. The topological polar surface area (TPSA) is 180 Å². The van der Waals surface area contributed by atoms with Gasteiger partial charge in [0.2, 0.25) is 11.7 Å². The average molecular weight is 647 g/mol. The quantitative estimate of drug-likeness (QED) is 0.281. The predicted octanol–water partition coefficient (Wildman–Crippen LogP) is 3.61. The van der Waals surface area contributed by atoms with E-state index in [2.05, 4.69) is 17.2 Å². The highest BCUT2D eigenvalue weighted by Gasteiger charge is 2.68. The third-order valence-corrected chi connectivity index (χ3v) is 11.9. The number of benzene rings is 1. The number of carboxylic acids is 1. The zero-order chi connectivity index (χ0) is 33.7. The Morgan fingerprint density at radius 1 is 1.06 bits per heavy atom. The molecule has 0 spiro atoms. The molecule has 0 bridgehead atoms. The van der Waals surface area contributed by atoms with E-state index in [9.17, 15) is 39.0 Å². The SMILES string of the molecule is C[C@]12CCC(=O)C=C1CC[C@@H]1[C@@H]2C(=O)C[C@@]2(C)[C@H]1CC[C@]2(O)C(=O)COC(=O)CCC(=O)NC(Cc1c[nH]c2ccccc12)C(=O)O. The number of para-hydroxylation sites is 1. The lowest BCUT2D eigenvalue weighted by atomic mass is 9.46. The molecule has 1 aromatic carbocycles. The Kier molecular flexibility index (Phi) is 8.48. The third kappa shape index (κ3) is 5.62. The van der Waals surface area contributed by atoms with E-state index in [1.54, 1.807) is 19.2 Å². The van der Waals surface area contributed by atoms with E-state index >= 15 is 0 Å². The van der Waals surface area contributed by atoms with Crippen molar-refractivity contribution in [2.75, 3.05) is 6.61 Å². The molecule has 1 amide bonds. The van der Waals surface area contributed by atoms with Crippen LogP contribution in [-0.2, 0) is 39.9 Å². The van der Waals surface area contributed by atoms with Crippen LogP contribution >= 0.6 is 0 Å². The standard InChI is InChI=1S/C36H42N2O9/c1-34-13-11-22(39)16-21(34)7-8-24-25-12-14-36(46,35(25,2)17-28(40)32(24)34)29(41)19-47-31(43)10-9-30(42)38-27(33(44)45)15-20-18-37-26-6-4-3-5-23(20)26/h3-6,16,18,24-25,27,32,37,46H,7-15,17,19H2,1-2H3,(H,38,42)(H,44,45)/t24-,25-,27?,32+,34-,35-,36-/m0/s1. The summed E-state index contributed by atoms with van der Waals surface area (Å²) in [5, 5.41) is 24.8. The summed E-state index contributed by atoms with van der Waals surface area (Å²) in [6.45, 7) is 3.20. The van der Waals surface area contributed by atoms with Gasteiger partial charge in [0.25, 0.3) is 0 Å². The van der Waals surface area contributed by atoms with Gasteiger partial charge in [0.05, 0.1) is 6.42 Å². The van der Waals surface area contributed by atoms with Gasteiger partial charge in [-0.15, -0.1) is 0 Å². The summed E-state index contributed by atoms with van der Waals surface area (Å²) in [5.74, 6) is -3.57. The van der Waals surface area contributed by atoms with E-state index in [1.807, 2.05) is 24.3 Å². The van der Waals surface area contributed by atoms with E-state index in [0.717, 1.165) is 34.9 Å². The first kappa shape index (κ1) is 32.8. The molecule has 4 aliphatic carbocycles. The molecule has 250 valence electrons. The summed E-state index contributed by atoms with van der Waals surface area (Å²) in [6.07, 6.45) is 6.00. The molecule has 4 aliphatic rings. The Labute approximate surface area is 272 Å². The smallest absolute Gasteiger partial charge is 0.326 e. The van der Waals surface area contributed by atoms with Crippen molar-refractivity contribution in [3.63, 3.8) is 0 Å². The molecule has 0 aliphatic heterocycles. The summed E-state index contributed by atoms with van der Waals surface area (Å²) >= 11 is 0. The lowest BCUT2D eigenvalue weighted by Crippen LogP contribution is -2.61. The van der Waals surface area contributed by atoms with Gasteiger partial charge in [-0.3, -0.25) is 24.0 Å². The highest BCUT2D eigenvalue weighted by molar-refractivity contribution is 5.95. The molecule has 1 heterocycles. The lowest BCUT2D eigenvalue weighted by molar-refractivity contribution is -0.173. The van der Waals surface area contributed by atoms with Crippen LogP contribution in [0.3, 0.4) is 0 Å². The molecule has 1 unspecified atom stereocenters. The minimum absolute atomic E-state index is 0.00918. The van der Waals surface area contributed by atoms with Crippen molar-refractivity contribution >= 4 is 46.1 Å². The maximum absolute atomic E-state index is 13.8. The highest BCUT2D eigenvalue weighted by Crippen LogP contribution is 2.66. The summed E-state index contributed by atoms with van der Waals surface area (Å²) in [7, 11) is 0. The fourth-order valence-electron chi connectivity index (χ4n) is 9.39. The molecule has 2 aromatic rings. The van der Waals surface area contributed by atoms with Gasteiger partial charge in [-0.2, -0.15) is 0 Å². The van der Waals surface area contributed by atoms with E-state index < -0.39 is 47.3 Å². The second kappa shape index (κ2) is 12.2. The minimum Gasteiger partial charge on any atom is -0.480 e. The van der Waals surface area contributed by atoms with Gasteiger partial charge >= 0.3 is 11.9 Å². The molecule has 11 nitrogen and oxygen atoms in total. The van der Waals surface area contributed by atoms with Gasteiger partial charge in [0.15, 0.2) is 12.4 Å². The number of rotatable bonds is 10. The molecule has 0 saturated heterocycles. The number of H-pyrrole nitrogens is 1. The summed E-state index contributed by atoms with van der Waals surface area (Å²) < 4.78 is 5.20. The van der Waals surface area contributed by atoms with Crippen LogP contribution < -0.4 is 5.32 Å². The second-order valence-electron chi connectivity index (χ2n) is 14.4. The van der Waals surface area contributed by atoms with Crippen molar-refractivity contribution in [1.29, 1.82) is 0 Å². The van der Waals surface area contributed by atoms with Crippen molar-refractivity contribution < 1.29 is 43.7 Å². The van der Waals surface area contributed by atoms with Gasteiger partial charge < -0.3 is 25.3 Å². The molecule has 3 saturated carbocycles. The number of aliphatic carboxylic acids is 1. The molecule has 1 aromatic heterocycles. The molecule has 0 radical (unpaired) electrons. The number of aliphatic hydroxyl groups is 1. The van der Waals surface area contributed by atoms with Crippen LogP contribution in [0.5, 0.6) is 0 Å². The van der Waals surface area contributed by atoms with Crippen molar-refractivity contribution in [3.8, 4) is 0 Å². The lowest BCUT2D eigenvalue weighted by Gasteiger charge is -2.57. The van der Waals surface area contributed by atoms with Gasteiger partial charge in [0.1, 0.15) is 17.4 Å². The predicted molar refractivity (Wildman–Crippen MR) is 169 cm³/mol. The van der Waals surface area contributed by atoms with Gasteiger partial charge in [-0.05, 0) is 67.1 Å². The monoisotopic (exact) mass is 646 g/mol. The average Bonchev–Trinajstić information content (AvgIpc) is 3.56. The van der Waals surface area contributed by atoms with Crippen LogP contribution in [0.25, 0.3) is 10.9 Å². The Hall–Kier alpha value is -4.12. The first-order valence-corrected chi connectivity index (χ1v) is 16.5. The number of allylic oxidation sites excluding steroid dienone is 1. The fourth-order valence-corrected chi connectivity index (χ4v) is 9.39. The Morgan fingerprint density at radius 2 is 1.83 bits per heavy atom. The number of carbonyl (C=O) groups is 6. The third-order valence-electron chi connectivity index (χ3n) is 11.9. The molecule has 3 fully saturated rings. The Balaban J connectivity index is 1.03. The second-order valence-corrected chi connectivity index (χ2v) is 14.4. The first-order valence-electron chi connectivity index (χ1n) is 16.5. The van der Waals surface area contributed by atoms with Crippen molar-refractivity contribution in [2.24, 2.45) is 28.6 Å². The van der Waals surface area contributed by atoms with Crippen LogP contribution in [0, 0.1) is 28.6 Å². The van der Waals surface area contributed by atoms with Crippen molar-refractivity contribution in [2.45, 2.75) is 89.7 Å². The number of esters is 1. The first-order chi connectivity index (χ1) is 22.3. The molecule has 7 atom stereocenters. The minimum atomic E-state index is -1.84. The molecule has 4 N–H and O–H groups in total. The zero-order valence-electron chi connectivity index (χ0n) is 26.8. The van der Waals surface area contributed by atoms with Crippen LogP contribution in [0.15, 0.2) is 42.1 Å².